The van der Waals surface area contributed by atoms with Crippen LogP contribution < -0.4 is 0 Å². The molecule has 0 aromatic carbocycles. The van der Waals surface area contributed by atoms with Crippen molar-refractivity contribution in [3.05, 3.63) is 30.1 Å². The van der Waals surface area contributed by atoms with Crippen LogP contribution in [0.3, 0.4) is 0 Å². The summed E-state index contributed by atoms with van der Waals surface area (Å²) in [7, 11) is 0. The van der Waals surface area contributed by atoms with Gasteiger partial charge in [-0.3, -0.25) is 9.88 Å². The van der Waals surface area contributed by atoms with Crippen molar-refractivity contribution in [2.24, 2.45) is 5.92 Å². The minimum absolute atomic E-state index is 0.162. The Bertz CT molecular complexity index is 365. The number of pyridine rings is 1. The Morgan fingerprint density at radius 2 is 2.38 bits per heavy atom. The molecule has 4 nitrogen and oxygen atoms in total. The van der Waals surface area contributed by atoms with E-state index in [1.165, 1.54) is 0 Å². The summed E-state index contributed by atoms with van der Waals surface area (Å²) >= 11 is 0. The number of carbonyl (C=O) groups excluding carboxylic acids is 1. The van der Waals surface area contributed by atoms with E-state index in [1.807, 2.05) is 18.2 Å². The lowest BCUT2D eigenvalue weighted by molar-refractivity contribution is 0.154. The predicted molar refractivity (Wildman–Crippen MR) is 59.8 cm³/mol. The first kappa shape index (κ1) is 10.9. The molecule has 1 amide bonds. The fourth-order valence-electron chi connectivity index (χ4n) is 1.87. The summed E-state index contributed by atoms with van der Waals surface area (Å²) in [4.78, 5) is 17.5. The lowest BCUT2D eigenvalue weighted by Crippen LogP contribution is -2.36. The van der Waals surface area contributed by atoms with Gasteiger partial charge in [0.25, 0.3) is 0 Å². The number of cyclic esters (lactones) is 1. The van der Waals surface area contributed by atoms with Gasteiger partial charge in [0.15, 0.2) is 0 Å². The van der Waals surface area contributed by atoms with Crippen molar-refractivity contribution in [2.75, 3.05) is 6.61 Å². The molecule has 2 rings (SSSR count). The predicted octanol–water partition coefficient (Wildman–Crippen LogP) is 2.06. The van der Waals surface area contributed by atoms with Crippen molar-refractivity contribution in [3.63, 3.8) is 0 Å². The molecule has 4 heteroatoms. The summed E-state index contributed by atoms with van der Waals surface area (Å²) in [6.45, 7) is 5.21. The first-order valence-electron chi connectivity index (χ1n) is 5.52. The molecule has 0 N–H and O–H groups in total. The molecular weight excluding hydrogens is 204 g/mol. The van der Waals surface area contributed by atoms with Gasteiger partial charge < -0.3 is 4.74 Å². The molecule has 86 valence electrons. The maximum absolute atomic E-state index is 11.6. The fourth-order valence-corrected chi connectivity index (χ4v) is 1.87. The monoisotopic (exact) mass is 220 g/mol. The van der Waals surface area contributed by atoms with Gasteiger partial charge in [-0.2, -0.15) is 0 Å². The molecule has 1 fully saturated rings. The summed E-state index contributed by atoms with van der Waals surface area (Å²) < 4.78 is 5.07. The molecule has 1 aliphatic heterocycles. The third-order valence-electron chi connectivity index (χ3n) is 2.84. The second kappa shape index (κ2) is 4.51. The highest BCUT2D eigenvalue weighted by atomic mass is 16.6. The molecule has 1 aliphatic rings. The minimum Gasteiger partial charge on any atom is -0.447 e. The molecule has 0 bridgehead atoms. The number of aromatic nitrogens is 1. The average Bonchev–Trinajstić information content (AvgIpc) is 2.62. The third-order valence-corrected chi connectivity index (χ3v) is 2.84. The van der Waals surface area contributed by atoms with Crippen molar-refractivity contribution in [1.29, 1.82) is 0 Å². The minimum atomic E-state index is -0.232. The Labute approximate surface area is 95.2 Å². The van der Waals surface area contributed by atoms with Crippen LogP contribution in [-0.2, 0) is 11.3 Å². The molecule has 1 unspecified atom stereocenters. The van der Waals surface area contributed by atoms with Crippen molar-refractivity contribution in [2.45, 2.75) is 26.4 Å². The lowest BCUT2D eigenvalue weighted by atomic mass is 10.0. The Morgan fingerprint density at radius 3 is 3.00 bits per heavy atom. The Hall–Kier alpha value is -1.58. The largest absolute Gasteiger partial charge is 0.447 e. The molecule has 1 atom stereocenters. The van der Waals surface area contributed by atoms with Gasteiger partial charge in [-0.25, -0.2) is 4.79 Å². The van der Waals surface area contributed by atoms with Crippen LogP contribution >= 0.6 is 0 Å². The maximum atomic E-state index is 11.6. The highest BCUT2D eigenvalue weighted by Crippen LogP contribution is 2.21. The highest BCUT2D eigenvalue weighted by molar-refractivity contribution is 5.70. The van der Waals surface area contributed by atoms with Gasteiger partial charge in [-0.05, 0) is 18.1 Å². The van der Waals surface area contributed by atoms with Crippen molar-refractivity contribution in [1.82, 2.24) is 9.88 Å². The van der Waals surface area contributed by atoms with Crippen LogP contribution in [-0.4, -0.2) is 28.6 Å². The van der Waals surface area contributed by atoms with Gasteiger partial charge in [-0.1, -0.05) is 19.9 Å². The van der Waals surface area contributed by atoms with Gasteiger partial charge in [-0.15, -0.1) is 0 Å². The third kappa shape index (κ3) is 2.15. The summed E-state index contributed by atoms with van der Waals surface area (Å²) in [5.41, 5.74) is 0.895. The Balaban J connectivity index is 2.10. The van der Waals surface area contributed by atoms with Crippen LogP contribution in [0.2, 0.25) is 0 Å². The van der Waals surface area contributed by atoms with E-state index in [4.69, 9.17) is 4.74 Å². The molecule has 1 aromatic heterocycles. The topological polar surface area (TPSA) is 42.4 Å². The van der Waals surface area contributed by atoms with E-state index in [9.17, 15) is 4.79 Å². The van der Waals surface area contributed by atoms with E-state index in [-0.39, 0.29) is 12.1 Å². The normalized spacial score (nSPS) is 20.3. The number of nitrogens with zero attached hydrogens (tertiary/aromatic N) is 2. The standard InChI is InChI=1S/C12H16N2O2/c1-9(2)11-8-16-12(15)14(11)7-10-5-3-4-6-13-10/h3-6,9,11H,7-8H2,1-2H3. The summed E-state index contributed by atoms with van der Waals surface area (Å²) in [6, 6.07) is 5.87. The van der Waals surface area contributed by atoms with Crippen molar-refractivity contribution < 1.29 is 9.53 Å². The van der Waals surface area contributed by atoms with E-state index in [1.54, 1.807) is 11.1 Å². The molecule has 0 aliphatic carbocycles. The molecule has 0 saturated carbocycles. The zero-order chi connectivity index (χ0) is 11.5. The van der Waals surface area contributed by atoms with Crippen LogP contribution in [0.1, 0.15) is 19.5 Å². The summed E-state index contributed by atoms with van der Waals surface area (Å²) in [6.07, 6.45) is 1.51. The number of carbonyl (C=O) groups is 1. The van der Waals surface area contributed by atoms with Gasteiger partial charge in [0.2, 0.25) is 0 Å². The van der Waals surface area contributed by atoms with Crippen LogP contribution in [0.15, 0.2) is 24.4 Å². The zero-order valence-corrected chi connectivity index (χ0v) is 9.59. The van der Waals surface area contributed by atoms with Gasteiger partial charge in [0.05, 0.1) is 18.3 Å². The average molecular weight is 220 g/mol. The summed E-state index contributed by atoms with van der Waals surface area (Å²) in [5, 5.41) is 0. The SMILES string of the molecule is CC(C)C1COC(=O)N1Cc1ccccn1. The molecule has 1 saturated heterocycles. The molecule has 16 heavy (non-hydrogen) atoms. The molecule has 2 heterocycles. The zero-order valence-electron chi connectivity index (χ0n) is 9.59. The number of hydrogen-bond acceptors (Lipinski definition) is 3. The van der Waals surface area contributed by atoms with E-state index in [2.05, 4.69) is 18.8 Å². The van der Waals surface area contributed by atoms with Crippen LogP contribution in [0.25, 0.3) is 0 Å². The maximum Gasteiger partial charge on any atom is 0.410 e. The van der Waals surface area contributed by atoms with Gasteiger partial charge >= 0.3 is 6.09 Å². The van der Waals surface area contributed by atoms with Crippen LogP contribution in [0.5, 0.6) is 0 Å². The number of rotatable bonds is 3. The van der Waals surface area contributed by atoms with Crippen LogP contribution in [0, 0.1) is 5.92 Å². The lowest BCUT2D eigenvalue weighted by Gasteiger charge is -2.23. The van der Waals surface area contributed by atoms with E-state index in [0.717, 1.165) is 5.69 Å². The molecular formula is C12H16N2O2. The van der Waals surface area contributed by atoms with E-state index >= 15 is 0 Å². The van der Waals surface area contributed by atoms with Crippen LogP contribution in [0.4, 0.5) is 4.79 Å². The van der Waals surface area contributed by atoms with Gasteiger partial charge in [0, 0.05) is 6.20 Å². The highest BCUT2D eigenvalue weighted by Gasteiger charge is 2.34. The Morgan fingerprint density at radius 1 is 1.56 bits per heavy atom. The quantitative estimate of drug-likeness (QED) is 0.783. The second-order valence-electron chi connectivity index (χ2n) is 4.34. The van der Waals surface area contributed by atoms with Gasteiger partial charge in [0.1, 0.15) is 6.61 Å². The first-order chi connectivity index (χ1) is 7.68. The van der Waals surface area contributed by atoms with Crippen molar-refractivity contribution in [3.8, 4) is 0 Å². The smallest absolute Gasteiger partial charge is 0.410 e. The molecule has 1 aromatic rings. The second-order valence-corrected chi connectivity index (χ2v) is 4.34. The Kier molecular flexibility index (Phi) is 3.08. The fraction of sp³-hybridized carbons (Fsp3) is 0.500. The molecule has 0 spiro atoms. The van der Waals surface area contributed by atoms with Crippen molar-refractivity contribution >= 4 is 6.09 Å². The molecule has 0 radical (unpaired) electrons. The number of hydrogen-bond donors (Lipinski definition) is 0. The number of ether oxygens (including phenoxy) is 1. The summed E-state index contributed by atoms with van der Waals surface area (Å²) in [5.74, 6) is 0.398. The first-order valence-corrected chi connectivity index (χ1v) is 5.52. The van der Waals surface area contributed by atoms with E-state index < -0.39 is 0 Å². The number of amides is 1. The van der Waals surface area contributed by atoms with E-state index in [0.29, 0.717) is 19.1 Å².